The van der Waals surface area contributed by atoms with Gasteiger partial charge in [0, 0.05) is 0 Å². The fourth-order valence-corrected chi connectivity index (χ4v) is 1.83. The zero-order valence-electron chi connectivity index (χ0n) is 10.2. The van der Waals surface area contributed by atoms with Gasteiger partial charge in [-0.2, -0.15) is 0 Å². The minimum absolute atomic E-state index is 0. The summed E-state index contributed by atoms with van der Waals surface area (Å²) < 4.78 is 0. The van der Waals surface area contributed by atoms with E-state index in [0.29, 0.717) is 11.7 Å². The smallest absolute Gasteiger partial charge is 0.876 e. The van der Waals surface area contributed by atoms with E-state index >= 15 is 0 Å². The van der Waals surface area contributed by atoms with Gasteiger partial charge in [-0.1, -0.05) is 44.4 Å². The molecule has 0 aromatic heterocycles. The summed E-state index contributed by atoms with van der Waals surface area (Å²) in [4.78, 5) is 0. The molecule has 0 heterocycles. The maximum Gasteiger partial charge on any atom is 1.00 e. The molecule has 0 saturated heterocycles. The first kappa shape index (κ1) is 14.9. The second-order valence-electron chi connectivity index (χ2n) is 4.11. The van der Waals surface area contributed by atoms with Crippen LogP contribution in [0.3, 0.4) is 0 Å². The third-order valence-corrected chi connectivity index (χ3v) is 2.73. The first-order valence-corrected chi connectivity index (χ1v) is 5.87. The Kier molecular flexibility index (Phi) is 9.05. The molecule has 1 unspecified atom stereocenters. The van der Waals surface area contributed by atoms with E-state index in [9.17, 15) is 5.11 Å². The predicted octanol–water partition coefficient (Wildman–Crippen LogP) is 0.171. The summed E-state index contributed by atoms with van der Waals surface area (Å²) in [5.74, 6) is 0.763. The second kappa shape index (κ2) is 9.13. The molecule has 0 aliphatic heterocycles. The van der Waals surface area contributed by atoms with E-state index in [-0.39, 0.29) is 18.9 Å². The summed E-state index contributed by atoms with van der Waals surface area (Å²) in [5.41, 5.74) is 0. The van der Waals surface area contributed by atoms with Gasteiger partial charge in [0.25, 0.3) is 0 Å². The number of allylic oxidation sites excluding steroid dienone is 4. The molecule has 0 radical (unpaired) electrons. The van der Waals surface area contributed by atoms with Crippen LogP contribution >= 0.6 is 0 Å². The van der Waals surface area contributed by atoms with Crippen molar-refractivity contribution in [2.45, 2.75) is 51.9 Å². The molecule has 0 amide bonds. The van der Waals surface area contributed by atoms with Crippen LogP contribution in [0.25, 0.3) is 0 Å². The van der Waals surface area contributed by atoms with E-state index in [1.807, 2.05) is 6.08 Å². The van der Waals surface area contributed by atoms with Crippen molar-refractivity contribution in [2.24, 2.45) is 5.92 Å². The largest absolute Gasteiger partial charge is 1.00 e. The van der Waals surface area contributed by atoms with Crippen molar-refractivity contribution in [2.75, 3.05) is 0 Å². The van der Waals surface area contributed by atoms with Crippen LogP contribution in [0.1, 0.15) is 51.9 Å². The van der Waals surface area contributed by atoms with Crippen molar-refractivity contribution >= 4 is 0 Å². The first-order valence-electron chi connectivity index (χ1n) is 5.87. The minimum atomic E-state index is 0. The van der Waals surface area contributed by atoms with Gasteiger partial charge in [-0.05, 0) is 31.6 Å². The zero-order valence-corrected chi connectivity index (χ0v) is 10.2. The molecule has 0 aromatic rings. The number of rotatable bonds is 6. The van der Waals surface area contributed by atoms with E-state index in [4.69, 9.17) is 0 Å². The Morgan fingerprint density at radius 1 is 1.40 bits per heavy atom. The summed E-state index contributed by atoms with van der Waals surface area (Å²) in [6.45, 7) is 2.23. The third-order valence-electron chi connectivity index (χ3n) is 2.73. The van der Waals surface area contributed by atoms with Crippen molar-refractivity contribution in [1.82, 2.24) is 0 Å². The molecule has 0 aromatic carbocycles. The molecule has 0 bridgehead atoms. The molecule has 0 fully saturated rings. The molecular formula is C13H21LiO. The molecule has 2 heteroatoms. The average molecular weight is 200 g/mol. The monoisotopic (exact) mass is 200 g/mol. The van der Waals surface area contributed by atoms with Gasteiger partial charge in [-0.25, -0.2) is 0 Å². The fourth-order valence-electron chi connectivity index (χ4n) is 1.83. The Balaban J connectivity index is 0.00000196. The van der Waals surface area contributed by atoms with E-state index in [2.05, 4.69) is 19.1 Å². The van der Waals surface area contributed by atoms with Gasteiger partial charge < -0.3 is 5.11 Å². The van der Waals surface area contributed by atoms with E-state index in [1.165, 1.54) is 32.1 Å². The van der Waals surface area contributed by atoms with Crippen LogP contribution in [0.2, 0.25) is 0 Å². The SMILES string of the molecule is CCCCCC/C=C/C1C=C([O-])CC1.[Li+]. The van der Waals surface area contributed by atoms with Crippen molar-refractivity contribution in [3.05, 3.63) is 24.0 Å². The molecule has 1 aliphatic carbocycles. The van der Waals surface area contributed by atoms with Gasteiger partial charge in [0.1, 0.15) is 0 Å². The van der Waals surface area contributed by atoms with Crippen LogP contribution in [0.15, 0.2) is 24.0 Å². The molecule has 1 atom stereocenters. The molecule has 0 N–H and O–H groups in total. The Bertz CT molecular complexity index is 209. The molecular weight excluding hydrogens is 179 g/mol. The molecule has 80 valence electrons. The van der Waals surface area contributed by atoms with Gasteiger partial charge in [-0.3, -0.25) is 0 Å². The number of hydrogen-bond donors (Lipinski definition) is 0. The van der Waals surface area contributed by atoms with Crippen LogP contribution in [0.4, 0.5) is 0 Å². The molecule has 1 rings (SSSR count). The number of unbranched alkanes of at least 4 members (excludes halogenated alkanes) is 4. The van der Waals surface area contributed by atoms with Crippen LogP contribution in [0, 0.1) is 5.92 Å². The topological polar surface area (TPSA) is 23.1 Å². The van der Waals surface area contributed by atoms with Gasteiger partial charge in [-0.15, -0.1) is 5.76 Å². The number of hydrogen-bond acceptors (Lipinski definition) is 1. The summed E-state index contributed by atoms with van der Waals surface area (Å²) in [6.07, 6.45) is 14.6. The van der Waals surface area contributed by atoms with Gasteiger partial charge in [0.05, 0.1) is 0 Å². The van der Waals surface area contributed by atoms with Gasteiger partial charge in [0.2, 0.25) is 0 Å². The zero-order chi connectivity index (χ0) is 10.2. The van der Waals surface area contributed by atoms with Crippen LogP contribution < -0.4 is 24.0 Å². The van der Waals surface area contributed by atoms with Crippen molar-refractivity contribution in [3.63, 3.8) is 0 Å². The molecule has 1 nitrogen and oxygen atoms in total. The predicted molar refractivity (Wildman–Crippen MR) is 58.7 cm³/mol. The molecule has 1 aliphatic rings. The Hall–Kier alpha value is -0.123. The standard InChI is InChI=1S/C13H22O.Li/c1-2-3-4-5-6-7-8-12-9-10-13(14)11-12;/h7-8,11-12,14H,2-6,9-10H2,1H3;/q;+1/p-1/b8-7+;. The van der Waals surface area contributed by atoms with E-state index in [0.717, 1.165) is 12.8 Å². The van der Waals surface area contributed by atoms with Gasteiger partial charge in [0.15, 0.2) is 0 Å². The van der Waals surface area contributed by atoms with E-state index < -0.39 is 0 Å². The Labute approximate surface area is 106 Å². The summed E-state index contributed by atoms with van der Waals surface area (Å²) >= 11 is 0. The van der Waals surface area contributed by atoms with Crippen molar-refractivity contribution in [1.29, 1.82) is 0 Å². The Morgan fingerprint density at radius 2 is 2.20 bits per heavy atom. The molecule has 0 spiro atoms. The minimum Gasteiger partial charge on any atom is -0.876 e. The Morgan fingerprint density at radius 3 is 2.80 bits per heavy atom. The van der Waals surface area contributed by atoms with Crippen molar-refractivity contribution < 1.29 is 24.0 Å². The molecule has 0 saturated carbocycles. The maximum absolute atomic E-state index is 10.9. The summed E-state index contributed by atoms with van der Waals surface area (Å²) in [7, 11) is 0. The maximum atomic E-state index is 10.9. The average Bonchev–Trinajstić information content (AvgIpc) is 2.58. The fraction of sp³-hybridized carbons (Fsp3) is 0.692. The summed E-state index contributed by atoms with van der Waals surface area (Å²) in [6, 6.07) is 0. The van der Waals surface area contributed by atoms with Crippen LogP contribution in [-0.2, 0) is 0 Å². The first-order chi connectivity index (χ1) is 6.83. The van der Waals surface area contributed by atoms with E-state index in [1.54, 1.807) is 0 Å². The van der Waals surface area contributed by atoms with Gasteiger partial charge >= 0.3 is 18.9 Å². The van der Waals surface area contributed by atoms with Crippen molar-refractivity contribution in [3.8, 4) is 0 Å². The normalized spacial score (nSPS) is 20.3. The summed E-state index contributed by atoms with van der Waals surface area (Å²) in [5, 5.41) is 10.9. The second-order valence-corrected chi connectivity index (χ2v) is 4.11. The van der Waals surface area contributed by atoms with Crippen LogP contribution in [-0.4, -0.2) is 0 Å². The quantitative estimate of drug-likeness (QED) is 0.340. The van der Waals surface area contributed by atoms with Crippen LogP contribution in [0.5, 0.6) is 0 Å². The third kappa shape index (κ3) is 6.87. The molecule has 15 heavy (non-hydrogen) atoms.